The number of oxime groups is 1. The van der Waals surface area contributed by atoms with E-state index in [0.29, 0.717) is 43.2 Å². The molecule has 2 aliphatic carbocycles. The monoisotopic (exact) mass is 886 g/mol. The normalized spacial score (nSPS) is 22.9. The quantitative estimate of drug-likeness (QED) is 0.0309. The number of carbonyl (C=O) groups is 2. The first-order valence-electron chi connectivity index (χ1n) is 24.1. The molecule has 63 heavy (non-hydrogen) atoms. The SMILES string of the molecule is C=CCO[C@@]12Oc3ccc(OC(=O)NCCCCCCCCCCCC)cc3[C@H]3[C@H](CCCCO)[C@@H](CCCCO)C=C(C(=NOCC)C[C@@H]1N(CCOCCO)C(=O)OCC)[C@H]32. The van der Waals surface area contributed by atoms with E-state index in [0.717, 1.165) is 56.1 Å². The van der Waals surface area contributed by atoms with Gasteiger partial charge in [0, 0.05) is 44.2 Å². The lowest BCUT2D eigenvalue weighted by Gasteiger charge is -2.59. The highest BCUT2D eigenvalue weighted by Crippen LogP contribution is 2.62. The van der Waals surface area contributed by atoms with Crippen LogP contribution >= 0.6 is 0 Å². The number of rotatable bonds is 32. The van der Waals surface area contributed by atoms with Gasteiger partial charge in [-0.2, -0.15) is 0 Å². The van der Waals surface area contributed by atoms with Crippen molar-refractivity contribution in [2.45, 2.75) is 148 Å². The maximum atomic E-state index is 14.1. The average molecular weight is 886 g/mol. The summed E-state index contributed by atoms with van der Waals surface area (Å²) in [6.45, 7) is 11.3. The molecule has 0 unspecified atom stereocenters. The minimum atomic E-state index is -1.48. The Morgan fingerprint density at radius 2 is 1.62 bits per heavy atom. The van der Waals surface area contributed by atoms with E-state index < -0.39 is 29.9 Å². The summed E-state index contributed by atoms with van der Waals surface area (Å²) >= 11 is 0. The number of amides is 2. The van der Waals surface area contributed by atoms with E-state index in [1.54, 1.807) is 24.0 Å². The number of hydrogen-bond donors (Lipinski definition) is 4. The van der Waals surface area contributed by atoms with Crippen molar-refractivity contribution in [3.63, 3.8) is 0 Å². The summed E-state index contributed by atoms with van der Waals surface area (Å²) < 4.78 is 31.5. The van der Waals surface area contributed by atoms with Gasteiger partial charge in [0.25, 0.3) is 0 Å². The summed E-state index contributed by atoms with van der Waals surface area (Å²) in [4.78, 5) is 34.7. The Hall–Kier alpha value is -3.69. The first kappa shape index (κ1) is 51.9. The molecule has 1 aromatic carbocycles. The third kappa shape index (κ3) is 14.9. The lowest BCUT2D eigenvalue weighted by atomic mass is 9.55. The van der Waals surface area contributed by atoms with Gasteiger partial charge in [-0.1, -0.05) is 94.9 Å². The molecule has 0 radical (unpaired) electrons. The van der Waals surface area contributed by atoms with Crippen molar-refractivity contribution in [2.24, 2.45) is 22.9 Å². The van der Waals surface area contributed by atoms with E-state index in [1.807, 2.05) is 19.1 Å². The van der Waals surface area contributed by atoms with Crippen LogP contribution in [0.3, 0.4) is 0 Å². The zero-order valence-corrected chi connectivity index (χ0v) is 38.6. The summed E-state index contributed by atoms with van der Waals surface area (Å²) in [5, 5.41) is 36.9. The summed E-state index contributed by atoms with van der Waals surface area (Å²) in [7, 11) is 0. The van der Waals surface area contributed by atoms with Crippen molar-refractivity contribution in [1.82, 2.24) is 10.2 Å². The smallest absolute Gasteiger partial charge is 0.412 e. The zero-order chi connectivity index (χ0) is 45.3. The van der Waals surface area contributed by atoms with E-state index in [2.05, 4.69) is 24.9 Å². The molecule has 1 saturated carbocycles. The van der Waals surface area contributed by atoms with Gasteiger partial charge in [0.15, 0.2) is 0 Å². The maximum Gasteiger partial charge on any atom is 0.412 e. The second-order valence-electron chi connectivity index (χ2n) is 16.9. The van der Waals surface area contributed by atoms with Crippen LogP contribution in [0.15, 0.2) is 47.7 Å². The molecule has 0 bridgehead atoms. The second kappa shape index (κ2) is 29.0. The van der Waals surface area contributed by atoms with Crippen LogP contribution in [-0.4, -0.2) is 116 Å². The molecule has 0 aromatic heterocycles. The lowest BCUT2D eigenvalue weighted by molar-refractivity contribution is -0.256. The number of hydrogen-bond acceptors (Lipinski definition) is 12. The van der Waals surface area contributed by atoms with Crippen molar-refractivity contribution >= 4 is 17.9 Å². The number of ether oxygens (including phenoxy) is 5. The largest absolute Gasteiger partial charge is 0.459 e. The Bertz CT molecular complexity index is 1570. The molecule has 356 valence electrons. The molecule has 14 heteroatoms. The van der Waals surface area contributed by atoms with Crippen LogP contribution in [0.25, 0.3) is 0 Å². The van der Waals surface area contributed by atoms with E-state index in [-0.39, 0.29) is 77.0 Å². The predicted octanol–water partition coefficient (Wildman–Crippen LogP) is 8.82. The first-order chi connectivity index (χ1) is 30.8. The molecular weight excluding hydrogens is 807 g/mol. The summed E-state index contributed by atoms with van der Waals surface area (Å²) in [6.07, 6.45) is 19.5. The van der Waals surface area contributed by atoms with Crippen molar-refractivity contribution < 1.29 is 53.4 Å². The fourth-order valence-electron chi connectivity index (χ4n) is 9.71. The number of benzene rings is 1. The van der Waals surface area contributed by atoms with Crippen LogP contribution in [0, 0.1) is 17.8 Å². The maximum absolute atomic E-state index is 14.1. The Labute approximate surface area is 376 Å². The van der Waals surface area contributed by atoms with Gasteiger partial charge in [0.05, 0.1) is 44.7 Å². The van der Waals surface area contributed by atoms with Crippen LogP contribution < -0.4 is 14.8 Å². The number of fused-ring (bicyclic) bond motifs is 2. The number of unbranched alkanes of at least 4 members (excludes halogenated alkanes) is 11. The van der Waals surface area contributed by atoms with E-state index >= 15 is 0 Å². The van der Waals surface area contributed by atoms with Gasteiger partial charge in [0.2, 0.25) is 5.79 Å². The summed E-state index contributed by atoms with van der Waals surface area (Å²) in [6, 6.07) is 4.66. The van der Waals surface area contributed by atoms with Gasteiger partial charge in [-0.3, -0.25) is 4.90 Å². The highest BCUT2D eigenvalue weighted by atomic mass is 16.7. The van der Waals surface area contributed by atoms with Crippen molar-refractivity contribution in [3.05, 3.63) is 48.1 Å². The molecule has 4 rings (SSSR count). The fraction of sp³-hybridized carbons (Fsp3) is 0.735. The Morgan fingerprint density at radius 1 is 0.905 bits per heavy atom. The molecule has 0 spiro atoms. The molecule has 0 saturated heterocycles. The van der Waals surface area contributed by atoms with Gasteiger partial charge in [0.1, 0.15) is 24.1 Å². The minimum absolute atomic E-state index is 0.00482. The van der Waals surface area contributed by atoms with Crippen molar-refractivity contribution in [3.8, 4) is 11.5 Å². The third-order valence-corrected chi connectivity index (χ3v) is 12.5. The highest BCUT2D eigenvalue weighted by Gasteiger charge is 2.65. The average Bonchev–Trinajstić information content (AvgIpc) is 3.28. The molecule has 1 aliphatic heterocycles. The molecule has 1 aromatic rings. The van der Waals surface area contributed by atoms with Crippen molar-refractivity contribution in [2.75, 3.05) is 65.9 Å². The highest BCUT2D eigenvalue weighted by molar-refractivity contribution is 6.03. The minimum Gasteiger partial charge on any atom is -0.459 e. The van der Waals surface area contributed by atoms with Gasteiger partial charge < -0.3 is 49.2 Å². The van der Waals surface area contributed by atoms with Crippen LogP contribution in [0.1, 0.15) is 141 Å². The molecule has 1 fully saturated rings. The molecule has 4 N–H and O–H groups in total. The van der Waals surface area contributed by atoms with Gasteiger partial charge in [-0.25, -0.2) is 9.59 Å². The number of nitrogens with zero attached hydrogens (tertiary/aromatic N) is 2. The molecule has 1 heterocycles. The van der Waals surface area contributed by atoms with Crippen LogP contribution in [0.4, 0.5) is 9.59 Å². The van der Waals surface area contributed by atoms with E-state index in [1.165, 1.54) is 44.9 Å². The number of carbonyl (C=O) groups excluding carboxylic acids is 2. The summed E-state index contributed by atoms with van der Waals surface area (Å²) in [5.41, 5.74) is 2.40. The second-order valence-corrected chi connectivity index (χ2v) is 16.9. The molecule has 6 atom stereocenters. The molecule has 14 nitrogen and oxygen atoms in total. The van der Waals surface area contributed by atoms with Crippen LogP contribution in [0.5, 0.6) is 11.5 Å². The number of allylic oxidation sites excluding steroid dienone is 1. The Morgan fingerprint density at radius 3 is 2.29 bits per heavy atom. The first-order valence-corrected chi connectivity index (χ1v) is 24.1. The molecule has 3 aliphatic rings. The third-order valence-electron chi connectivity index (χ3n) is 12.5. The van der Waals surface area contributed by atoms with Crippen molar-refractivity contribution in [1.29, 1.82) is 0 Å². The molecule has 2 amide bonds. The Kier molecular flexibility index (Phi) is 23.9. The van der Waals surface area contributed by atoms with Gasteiger partial charge >= 0.3 is 12.2 Å². The molecular formula is C49H79N3O11. The fourth-order valence-corrected chi connectivity index (χ4v) is 9.71. The number of nitrogens with one attached hydrogen (secondary N) is 1. The van der Waals surface area contributed by atoms with Gasteiger partial charge in [-0.05, 0) is 81.6 Å². The zero-order valence-electron chi connectivity index (χ0n) is 38.6. The van der Waals surface area contributed by atoms with Crippen LogP contribution in [-0.2, 0) is 19.0 Å². The number of aliphatic hydroxyl groups is 3. The number of aliphatic hydroxyl groups excluding tert-OH is 3. The van der Waals surface area contributed by atoms with E-state index in [4.69, 9.17) is 33.7 Å². The predicted molar refractivity (Wildman–Crippen MR) is 244 cm³/mol. The lowest BCUT2D eigenvalue weighted by Crippen LogP contribution is -2.70. The van der Waals surface area contributed by atoms with E-state index in [9.17, 15) is 24.9 Å². The topological polar surface area (TPSA) is 178 Å². The van der Waals surface area contributed by atoms with Gasteiger partial charge in [-0.15, -0.1) is 6.58 Å². The Balaban J connectivity index is 1.76. The standard InChI is InChI=1S/C49H79N3O11/c1-5-9-10-11-12-13-14-15-16-19-26-50-47(56)62-38-24-25-43-41(35-38)45-39(23-18-21-29-54)37(22-17-20-28-53)34-40-42(51-61-8-4)36-44(49(63-43,46(40)45)60-31-6-2)52(48(57)59-7-3)27-32-58-33-30-55/h6,24-25,34-35,37,39,44-46,53-55H,2,5,7-23,26-33,36H2,1,3-4H3,(H,50,56)/t37-,39+,44-,45+,46+,49+/m0/s1. The van der Waals surface area contributed by atoms with Crippen LogP contribution in [0.2, 0.25) is 0 Å². The summed E-state index contributed by atoms with van der Waals surface area (Å²) in [5.74, 6) is -1.35.